The predicted octanol–water partition coefficient (Wildman–Crippen LogP) is 4.65. The highest BCUT2D eigenvalue weighted by Gasteiger charge is 2.29. The third kappa shape index (κ3) is 4.88. The van der Waals surface area contributed by atoms with Crippen LogP contribution in [0.3, 0.4) is 0 Å². The Balaban J connectivity index is 1.98. The molecule has 1 heterocycles. The first kappa shape index (κ1) is 21.9. The minimum Gasteiger partial charge on any atom is -0.493 e. The smallest absolute Gasteiger partial charge is 0.334 e. The van der Waals surface area contributed by atoms with Crippen molar-refractivity contribution in [1.29, 1.82) is 0 Å². The largest absolute Gasteiger partial charge is 0.493 e. The lowest BCUT2D eigenvalue weighted by Crippen LogP contribution is -2.11. The fraction of sp³-hybridized carbons (Fsp3) is 0.273. The van der Waals surface area contributed by atoms with E-state index in [1.807, 2.05) is 0 Å². The van der Waals surface area contributed by atoms with Gasteiger partial charge in [-0.3, -0.25) is 14.9 Å². The Bertz CT molecular complexity index is 1090. The van der Waals surface area contributed by atoms with Gasteiger partial charge in [0.1, 0.15) is 5.82 Å². The van der Waals surface area contributed by atoms with E-state index in [4.69, 9.17) is 14.0 Å². The minimum absolute atomic E-state index is 0.0119. The van der Waals surface area contributed by atoms with Gasteiger partial charge in [0, 0.05) is 18.4 Å². The quantitative estimate of drug-likeness (QED) is 0.278. The molecular formula is C22H21FN2O6. The fourth-order valence-electron chi connectivity index (χ4n) is 3.40. The van der Waals surface area contributed by atoms with Gasteiger partial charge in [-0.25, -0.2) is 4.39 Å². The number of carbonyl (C=O) groups is 1. The van der Waals surface area contributed by atoms with Crippen molar-refractivity contribution in [2.24, 2.45) is 0 Å². The average Bonchev–Trinajstić information content (AvgIpc) is 3.13. The summed E-state index contributed by atoms with van der Waals surface area (Å²) >= 11 is 0. The van der Waals surface area contributed by atoms with Crippen LogP contribution >= 0.6 is 0 Å². The van der Waals surface area contributed by atoms with Crippen LogP contribution in [0.1, 0.15) is 39.7 Å². The number of carbonyl (C=O) groups excluding carboxylic acids is 1. The van der Waals surface area contributed by atoms with Crippen LogP contribution in [0.15, 0.2) is 47.0 Å². The molecule has 0 aliphatic rings. The second kappa shape index (κ2) is 9.38. The van der Waals surface area contributed by atoms with Gasteiger partial charge in [-0.1, -0.05) is 11.2 Å². The molecule has 162 valence electrons. The van der Waals surface area contributed by atoms with Crippen molar-refractivity contribution in [2.75, 3.05) is 14.2 Å². The summed E-state index contributed by atoms with van der Waals surface area (Å²) in [5.74, 6) is -0.115. The molecule has 0 fully saturated rings. The van der Waals surface area contributed by atoms with Crippen LogP contribution in [0.25, 0.3) is 0 Å². The fourth-order valence-corrected chi connectivity index (χ4v) is 3.40. The standard InChI is InChI=1S/C22H21FN2O6/c1-13-22(25(27)28)21(31-24-13)12-16(10-18(26)14-4-7-17(23)8-5-14)15-6-9-19(29-2)20(11-15)30-3/h4-9,11,16H,10,12H2,1-3H3. The zero-order valence-electron chi connectivity index (χ0n) is 17.3. The van der Waals surface area contributed by atoms with Gasteiger partial charge in [-0.05, 0) is 54.8 Å². The lowest BCUT2D eigenvalue weighted by atomic mass is 9.87. The lowest BCUT2D eigenvalue weighted by Gasteiger charge is -2.17. The zero-order valence-corrected chi connectivity index (χ0v) is 17.3. The summed E-state index contributed by atoms with van der Waals surface area (Å²) in [6, 6.07) is 10.4. The molecule has 3 rings (SSSR count). The van der Waals surface area contributed by atoms with Crippen molar-refractivity contribution in [2.45, 2.75) is 25.7 Å². The number of halogens is 1. The monoisotopic (exact) mass is 428 g/mol. The SMILES string of the molecule is COc1ccc(C(CC(=O)c2ccc(F)cc2)Cc2onc(C)c2[N+](=O)[O-])cc1OC. The third-order valence-corrected chi connectivity index (χ3v) is 4.99. The van der Waals surface area contributed by atoms with Crippen LogP contribution in [0.4, 0.5) is 10.1 Å². The highest BCUT2D eigenvalue weighted by molar-refractivity contribution is 5.96. The molecule has 0 saturated heterocycles. The van der Waals surface area contributed by atoms with E-state index in [0.29, 0.717) is 22.6 Å². The number of methoxy groups -OCH3 is 2. The van der Waals surface area contributed by atoms with Gasteiger partial charge in [0.2, 0.25) is 5.76 Å². The molecular weight excluding hydrogens is 407 g/mol. The number of ketones is 1. The molecule has 31 heavy (non-hydrogen) atoms. The number of nitrogens with zero attached hydrogens (tertiary/aromatic N) is 2. The molecule has 3 aromatic rings. The summed E-state index contributed by atoms with van der Waals surface area (Å²) in [5.41, 5.74) is 1.00. The first-order chi connectivity index (χ1) is 14.8. The van der Waals surface area contributed by atoms with Crippen molar-refractivity contribution in [3.63, 3.8) is 0 Å². The van der Waals surface area contributed by atoms with E-state index in [9.17, 15) is 19.3 Å². The molecule has 2 aromatic carbocycles. The first-order valence-electron chi connectivity index (χ1n) is 9.44. The molecule has 8 nitrogen and oxygen atoms in total. The third-order valence-electron chi connectivity index (χ3n) is 4.99. The minimum atomic E-state index is -0.547. The Morgan fingerprint density at radius 3 is 2.45 bits per heavy atom. The van der Waals surface area contributed by atoms with E-state index in [1.54, 1.807) is 18.2 Å². The summed E-state index contributed by atoms with van der Waals surface area (Å²) in [5, 5.41) is 15.2. The van der Waals surface area contributed by atoms with Crippen LogP contribution < -0.4 is 9.47 Å². The van der Waals surface area contributed by atoms with Crippen molar-refractivity contribution in [3.8, 4) is 11.5 Å². The Morgan fingerprint density at radius 2 is 1.84 bits per heavy atom. The highest BCUT2D eigenvalue weighted by atomic mass is 19.1. The van der Waals surface area contributed by atoms with Gasteiger partial charge in [-0.15, -0.1) is 0 Å². The maximum absolute atomic E-state index is 13.2. The highest BCUT2D eigenvalue weighted by Crippen LogP contribution is 2.36. The van der Waals surface area contributed by atoms with E-state index < -0.39 is 16.7 Å². The second-order valence-corrected chi connectivity index (χ2v) is 6.95. The molecule has 1 unspecified atom stereocenters. The number of Topliss-reactive ketones (excluding diaryl/α,β-unsaturated/α-hetero) is 1. The van der Waals surface area contributed by atoms with E-state index in [-0.39, 0.29) is 35.8 Å². The number of hydrogen-bond acceptors (Lipinski definition) is 7. The Hall–Kier alpha value is -3.75. The van der Waals surface area contributed by atoms with Gasteiger partial charge >= 0.3 is 5.69 Å². The van der Waals surface area contributed by atoms with Crippen molar-refractivity contribution >= 4 is 11.5 Å². The van der Waals surface area contributed by atoms with Gasteiger partial charge in [0.05, 0.1) is 19.1 Å². The van der Waals surface area contributed by atoms with Gasteiger partial charge < -0.3 is 14.0 Å². The Labute approximate surface area is 177 Å². The molecule has 0 amide bonds. The summed E-state index contributed by atoms with van der Waals surface area (Å²) < 4.78 is 29.0. The van der Waals surface area contributed by atoms with Crippen LogP contribution in [0, 0.1) is 22.9 Å². The number of hydrogen-bond donors (Lipinski definition) is 0. The molecule has 0 bridgehead atoms. The Kier molecular flexibility index (Phi) is 6.64. The maximum atomic E-state index is 13.2. The van der Waals surface area contributed by atoms with E-state index in [0.717, 1.165) is 0 Å². The van der Waals surface area contributed by atoms with Gasteiger partial charge in [0.15, 0.2) is 23.0 Å². The van der Waals surface area contributed by atoms with Crippen molar-refractivity contribution in [3.05, 3.63) is 81.0 Å². The molecule has 9 heteroatoms. The summed E-state index contributed by atoms with van der Waals surface area (Å²) in [6.45, 7) is 1.49. The number of aromatic nitrogens is 1. The number of ether oxygens (including phenoxy) is 2. The van der Waals surface area contributed by atoms with Crippen molar-refractivity contribution < 1.29 is 28.1 Å². The predicted molar refractivity (Wildman–Crippen MR) is 109 cm³/mol. The zero-order chi connectivity index (χ0) is 22.5. The normalized spacial score (nSPS) is 11.7. The van der Waals surface area contributed by atoms with E-state index >= 15 is 0 Å². The lowest BCUT2D eigenvalue weighted by molar-refractivity contribution is -0.386. The number of benzene rings is 2. The number of nitro groups is 1. The van der Waals surface area contributed by atoms with Gasteiger partial charge in [0.25, 0.3) is 0 Å². The van der Waals surface area contributed by atoms with Crippen LogP contribution in [-0.4, -0.2) is 30.1 Å². The number of aryl methyl sites for hydroxylation is 1. The molecule has 0 radical (unpaired) electrons. The maximum Gasteiger partial charge on any atom is 0.334 e. The summed E-state index contributed by atoms with van der Waals surface area (Å²) in [6.07, 6.45) is 0.0809. The van der Waals surface area contributed by atoms with E-state index in [2.05, 4.69) is 5.16 Å². The topological polar surface area (TPSA) is 105 Å². The molecule has 0 saturated carbocycles. The van der Waals surface area contributed by atoms with Gasteiger partial charge in [-0.2, -0.15) is 0 Å². The number of rotatable bonds is 9. The average molecular weight is 428 g/mol. The molecule has 1 aromatic heterocycles. The van der Waals surface area contributed by atoms with Crippen LogP contribution in [0.5, 0.6) is 11.5 Å². The van der Waals surface area contributed by atoms with Crippen LogP contribution in [0.2, 0.25) is 0 Å². The summed E-state index contributed by atoms with van der Waals surface area (Å²) in [4.78, 5) is 23.8. The van der Waals surface area contributed by atoms with Crippen LogP contribution in [-0.2, 0) is 6.42 Å². The molecule has 0 N–H and O–H groups in total. The molecule has 0 aliphatic heterocycles. The molecule has 1 atom stereocenters. The second-order valence-electron chi connectivity index (χ2n) is 6.95. The molecule has 0 spiro atoms. The van der Waals surface area contributed by atoms with E-state index in [1.165, 1.54) is 45.4 Å². The first-order valence-corrected chi connectivity index (χ1v) is 9.44. The van der Waals surface area contributed by atoms with Crippen molar-refractivity contribution in [1.82, 2.24) is 5.16 Å². The molecule has 0 aliphatic carbocycles. The summed E-state index contributed by atoms with van der Waals surface area (Å²) in [7, 11) is 3.00. The Morgan fingerprint density at radius 1 is 1.16 bits per heavy atom.